The molecule has 1 rings (SSSR count). The van der Waals surface area contributed by atoms with Gasteiger partial charge in [0.25, 0.3) is 0 Å². The minimum atomic E-state index is -0.241. The lowest BCUT2D eigenvalue weighted by atomic mass is 10.1. The predicted molar refractivity (Wildman–Crippen MR) is 43.6 cm³/mol. The van der Waals surface area contributed by atoms with E-state index in [4.69, 9.17) is 4.74 Å². The first-order chi connectivity index (χ1) is 5.68. The highest BCUT2D eigenvalue weighted by molar-refractivity contribution is 5.78. The lowest BCUT2D eigenvalue weighted by Gasteiger charge is -2.12. The van der Waals surface area contributed by atoms with Gasteiger partial charge in [0, 0.05) is 19.8 Å². The second-order valence-electron chi connectivity index (χ2n) is 3.20. The molecule has 1 aliphatic carbocycles. The molecule has 12 heavy (non-hydrogen) atoms. The Morgan fingerprint density at radius 3 is 2.83 bits per heavy atom. The van der Waals surface area contributed by atoms with Gasteiger partial charge in [0.2, 0.25) is 0 Å². The zero-order valence-corrected chi connectivity index (χ0v) is 7.34. The molecule has 0 aromatic heterocycles. The molecule has 1 saturated carbocycles. The van der Waals surface area contributed by atoms with Gasteiger partial charge in [-0.2, -0.15) is 0 Å². The number of carbonyl (C=O) groups is 2. The first kappa shape index (κ1) is 9.23. The highest BCUT2D eigenvalue weighted by Crippen LogP contribution is 2.17. The number of hydrogen-bond donors (Lipinski definition) is 0. The van der Waals surface area contributed by atoms with Crippen molar-refractivity contribution in [2.75, 3.05) is 0 Å². The summed E-state index contributed by atoms with van der Waals surface area (Å²) in [7, 11) is 0. The summed E-state index contributed by atoms with van der Waals surface area (Å²) < 4.78 is 5.03. The maximum absolute atomic E-state index is 11.0. The molecule has 0 aromatic carbocycles. The molecule has 0 aromatic rings. The Morgan fingerprint density at radius 2 is 2.17 bits per heavy atom. The summed E-state index contributed by atoms with van der Waals surface area (Å²) >= 11 is 0. The van der Waals surface area contributed by atoms with Crippen LogP contribution in [0.5, 0.6) is 0 Å². The monoisotopic (exact) mass is 170 g/mol. The molecule has 1 atom stereocenters. The molecule has 0 aliphatic heterocycles. The Hall–Kier alpha value is -0.860. The summed E-state index contributed by atoms with van der Waals surface area (Å²) in [5, 5.41) is 0. The van der Waals surface area contributed by atoms with Gasteiger partial charge in [0.15, 0.2) is 0 Å². The number of rotatable bonds is 1. The van der Waals surface area contributed by atoms with Crippen molar-refractivity contribution in [3.05, 3.63) is 0 Å². The van der Waals surface area contributed by atoms with Crippen molar-refractivity contribution < 1.29 is 14.3 Å². The van der Waals surface area contributed by atoms with Crippen molar-refractivity contribution in [3.63, 3.8) is 0 Å². The molecule has 1 unspecified atom stereocenters. The number of esters is 1. The number of ether oxygens (including phenoxy) is 1. The van der Waals surface area contributed by atoms with E-state index >= 15 is 0 Å². The second kappa shape index (κ2) is 4.24. The maximum Gasteiger partial charge on any atom is 0.302 e. The fraction of sp³-hybridized carbons (Fsp3) is 0.778. The van der Waals surface area contributed by atoms with Crippen molar-refractivity contribution in [2.45, 2.75) is 45.1 Å². The molecule has 0 amide bonds. The summed E-state index contributed by atoms with van der Waals surface area (Å²) in [5.41, 5.74) is 0. The highest BCUT2D eigenvalue weighted by atomic mass is 16.5. The first-order valence-electron chi connectivity index (χ1n) is 4.37. The van der Waals surface area contributed by atoms with Crippen LogP contribution in [-0.4, -0.2) is 17.9 Å². The largest absolute Gasteiger partial charge is 0.463 e. The van der Waals surface area contributed by atoms with E-state index in [2.05, 4.69) is 0 Å². The number of Topliss-reactive ketones (excluding diaryl/α,β-unsaturated/α-hetero) is 1. The Labute approximate surface area is 72.1 Å². The summed E-state index contributed by atoms with van der Waals surface area (Å²) in [6.07, 6.45) is 3.60. The minimum Gasteiger partial charge on any atom is -0.463 e. The van der Waals surface area contributed by atoms with E-state index in [-0.39, 0.29) is 12.1 Å². The van der Waals surface area contributed by atoms with Crippen LogP contribution >= 0.6 is 0 Å². The fourth-order valence-electron chi connectivity index (χ4n) is 1.47. The van der Waals surface area contributed by atoms with Crippen LogP contribution in [0.3, 0.4) is 0 Å². The van der Waals surface area contributed by atoms with Gasteiger partial charge in [-0.3, -0.25) is 9.59 Å². The molecule has 0 heterocycles. The summed E-state index contributed by atoms with van der Waals surface area (Å²) in [5.74, 6) is 0.0546. The van der Waals surface area contributed by atoms with Crippen LogP contribution in [0.15, 0.2) is 0 Å². The molecule has 68 valence electrons. The molecule has 3 heteroatoms. The molecular weight excluding hydrogens is 156 g/mol. The SMILES string of the molecule is CC(=O)OC1CCCC(=O)CC1. The molecule has 0 saturated heterocycles. The van der Waals surface area contributed by atoms with Crippen LogP contribution in [0.25, 0.3) is 0 Å². The van der Waals surface area contributed by atoms with Crippen molar-refractivity contribution >= 4 is 11.8 Å². The molecule has 0 N–H and O–H groups in total. The van der Waals surface area contributed by atoms with Gasteiger partial charge in [-0.05, 0) is 19.3 Å². The molecule has 0 radical (unpaired) electrons. The molecule has 0 bridgehead atoms. The third-order valence-corrected chi connectivity index (χ3v) is 2.06. The van der Waals surface area contributed by atoms with Gasteiger partial charge < -0.3 is 4.74 Å². The quantitative estimate of drug-likeness (QED) is 0.442. The van der Waals surface area contributed by atoms with Gasteiger partial charge >= 0.3 is 5.97 Å². The van der Waals surface area contributed by atoms with E-state index in [1.165, 1.54) is 6.92 Å². The first-order valence-corrected chi connectivity index (χ1v) is 4.37. The summed E-state index contributed by atoms with van der Waals surface area (Å²) in [6, 6.07) is 0. The minimum absolute atomic E-state index is 0.0195. The Morgan fingerprint density at radius 1 is 1.42 bits per heavy atom. The smallest absolute Gasteiger partial charge is 0.302 e. The van der Waals surface area contributed by atoms with E-state index in [1.807, 2.05) is 0 Å². The average Bonchev–Trinajstić information content (AvgIpc) is 2.15. The van der Waals surface area contributed by atoms with E-state index in [0.29, 0.717) is 25.0 Å². The topological polar surface area (TPSA) is 43.4 Å². The standard InChI is InChI=1S/C9H14O3/c1-7(10)12-9-4-2-3-8(11)5-6-9/h9H,2-6H2,1H3. The van der Waals surface area contributed by atoms with Gasteiger partial charge in [0.05, 0.1) is 0 Å². The van der Waals surface area contributed by atoms with Crippen molar-refractivity contribution in [3.8, 4) is 0 Å². The fourth-order valence-corrected chi connectivity index (χ4v) is 1.47. The van der Waals surface area contributed by atoms with Crippen LogP contribution in [0.1, 0.15) is 39.0 Å². The zero-order chi connectivity index (χ0) is 8.97. The Kier molecular flexibility index (Phi) is 3.26. The Bertz CT molecular complexity index is 186. The second-order valence-corrected chi connectivity index (χ2v) is 3.20. The maximum atomic E-state index is 11.0. The zero-order valence-electron chi connectivity index (χ0n) is 7.34. The molecular formula is C9H14O3. The van der Waals surface area contributed by atoms with E-state index in [1.54, 1.807) is 0 Å². The lowest BCUT2D eigenvalue weighted by Crippen LogP contribution is -2.15. The third-order valence-electron chi connectivity index (χ3n) is 2.06. The van der Waals surface area contributed by atoms with Gasteiger partial charge in [-0.1, -0.05) is 0 Å². The number of carbonyl (C=O) groups excluding carboxylic acids is 2. The van der Waals surface area contributed by atoms with Crippen LogP contribution in [0, 0.1) is 0 Å². The summed E-state index contributed by atoms with van der Waals surface area (Å²) in [6.45, 7) is 1.41. The average molecular weight is 170 g/mol. The third kappa shape index (κ3) is 3.03. The van der Waals surface area contributed by atoms with Crippen LogP contribution in [0.4, 0.5) is 0 Å². The van der Waals surface area contributed by atoms with Crippen molar-refractivity contribution in [2.24, 2.45) is 0 Å². The van der Waals surface area contributed by atoms with Gasteiger partial charge in [-0.25, -0.2) is 0 Å². The highest BCUT2D eigenvalue weighted by Gasteiger charge is 2.18. The van der Waals surface area contributed by atoms with Crippen LogP contribution in [-0.2, 0) is 14.3 Å². The number of hydrogen-bond acceptors (Lipinski definition) is 3. The van der Waals surface area contributed by atoms with E-state index in [9.17, 15) is 9.59 Å². The predicted octanol–water partition coefficient (Wildman–Crippen LogP) is 1.45. The van der Waals surface area contributed by atoms with Crippen LogP contribution < -0.4 is 0 Å². The van der Waals surface area contributed by atoms with Crippen molar-refractivity contribution in [1.82, 2.24) is 0 Å². The lowest BCUT2D eigenvalue weighted by molar-refractivity contribution is -0.147. The molecule has 3 nitrogen and oxygen atoms in total. The van der Waals surface area contributed by atoms with E-state index in [0.717, 1.165) is 12.8 Å². The molecule has 0 spiro atoms. The molecule has 1 fully saturated rings. The van der Waals surface area contributed by atoms with Crippen LogP contribution in [0.2, 0.25) is 0 Å². The summed E-state index contributed by atoms with van der Waals surface area (Å²) in [4.78, 5) is 21.6. The molecule has 1 aliphatic rings. The van der Waals surface area contributed by atoms with E-state index < -0.39 is 0 Å². The number of ketones is 1. The van der Waals surface area contributed by atoms with Crippen molar-refractivity contribution in [1.29, 1.82) is 0 Å². The Balaban J connectivity index is 2.35. The normalized spacial score (nSPS) is 24.8. The van der Waals surface area contributed by atoms with Gasteiger partial charge in [-0.15, -0.1) is 0 Å². The van der Waals surface area contributed by atoms with Gasteiger partial charge in [0.1, 0.15) is 11.9 Å².